The zero-order valence-corrected chi connectivity index (χ0v) is 12.5. The molecule has 4 heteroatoms. The van der Waals surface area contributed by atoms with Gasteiger partial charge in [0, 0.05) is 25.0 Å². The Labute approximate surface area is 125 Å². The van der Waals surface area contributed by atoms with Gasteiger partial charge in [0.1, 0.15) is 12.2 Å². The molecule has 1 fully saturated rings. The van der Waals surface area contributed by atoms with Crippen LogP contribution in [0.1, 0.15) is 53.7 Å². The summed E-state index contributed by atoms with van der Waals surface area (Å²) in [5.41, 5.74) is 4.37. The van der Waals surface area contributed by atoms with Crippen molar-refractivity contribution < 1.29 is 0 Å². The summed E-state index contributed by atoms with van der Waals surface area (Å²) in [5.74, 6) is 1.85. The zero-order chi connectivity index (χ0) is 14.2. The molecule has 0 amide bonds. The molecule has 1 saturated carbocycles. The van der Waals surface area contributed by atoms with Crippen LogP contribution in [-0.4, -0.2) is 21.3 Å². The third-order valence-electron chi connectivity index (χ3n) is 4.71. The van der Waals surface area contributed by atoms with Crippen LogP contribution in [0, 0.1) is 6.92 Å². The second-order valence-electron chi connectivity index (χ2n) is 6.40. The Bertz CT molecular complexity index is 642. The van der Waals surface area contributed by atoms with Crippen molar-refractivity contribution in [2.75, 3.05) is 6.54 Å². The summed E-state index contributed by atoms with van der Waals surface area (Å²) in [6.07, 6.45) is 6.86. The minimum atomic E-state index is 0.515. The van der Waals surface area contributed by atoms with E-state index in [0.29, 0.717) is 12.0 Å². The highest BCUT2D eigenvalue weighted by molar-refractivity contribution is 5.37. The van der Waals surface area contributed by atoms with E-state index in [0.717, 1.165) is 13.1 Å². The highest BCUT2D eigenvalue weighted by atomic mass is 15.3. The molecule has 0 aliphatic heterocycles. The first-order chi connectivity index (χ1) is 10.3. The van der Waals surface area contributed by atoms with Crippen LogP contribution in [0.2, 0.25) is 0 Å². The van der Waals surface area contributed by atoms with Crippen molar-refractivity contribution in [2.24, 2.45) is 0 Å². The molecule has 2 aliphatic carbocycles. The zero-order valence-electron chi connectivity index (χ0n) is 12.5. The summed E-state index contributed by atoms with van der Waals surface area (Å²) in [7, 11) is 0. The summed E-state index contributed by atoms with van der Waals surface area (Å²) in [4.78, 5) is 0. The van der Waals surface area contributed by atoms with Crippen LogP contribution in [0.5, 0.6) is 0 Å². The summed E-state index contributed by atoms with van der Waals surface area (Å²) in [5, 5.41) is 12.0. The van der Waals surface area contributed by atoms with Crippen molar-refractivity contribution in [2.45, 2.75) is 51.1 Å². The average molecular weight is 282 g/mol. The molecule has 1 atom stereocenters. The van der Waals surface area contributed by atoms with Crippen LogP contribution in [0.3, 0.4) is 0 Å². The van der Waals surface area contributed by atoms with E-state index < -0.39 is 0 Å². The molecule has 0 saturated heterocycles. The molecule has 0 bridgehead atoms. The Kier molecular flexibility index (Phi) is 3.26. The van der Waals surface area contributed by atoms with E-state index in [-0.39, 0.29) is 0 Å². The first-order valence-electron chi connectivity index (χ1n) is 8.02. The molecule has 0 radical (unpaired) electrons. The lowest BCUT2D eigenvalue weighted by molar-refractivity contribution is 0.494. The maximum atomic E-state index is 4.26. The van der Waals surface area contributed by atoms with Crippen LogP contribution in [0.4, 0.5) is 0 Å². The fraction of sp³-hybridized carbons (Fsp3) is 0.529. The standard InChI is InChI=1S/C17H22N4/c1-12-2-3-13-6-7-16(15(13)10-12)18-8-9-21-11-19-20-17(21)14-4-5-14/h2-3,10-11,14,16,18H,4-9H2,1H3/t16-/m1/s1. The Balaban J connectivity index is 1.38. The summed E-state index contributed by atoms with van der Waals surface area (Å²) in [6, 6.07) is 7.37. The quantitative estimate of drug-likeness (QED) is 0.917. The van der Waals surface area contributed by atoms with Crippen molar-refractivity contribution in [1.29, 1.82) is 0 Å². The van der Waals surface area contributed by atoms with Crippen molar-refractivity contribution in [3.05, 3.63) is 47.0 Å². The van der Waals surface area contributed by atoms with E-state index in [9.17, 15) is 0 Å². The maximum absolute atomic E-state index is 4.26. The molecule has 2 aliphatic rings. The largest absolute Gasteiger partial charge is 0.316 e. The van der Waals surface area contributed by atoms with Gasteiger partial charge in [-0.1, -0.05) is 23.8 Å². The minimum absolute atomic E-state index is 0.515. The van der Waals surface area contributed by atoms with Crippen LogP contribution >= 0.6 is 0 Å². The lowest BCUT2D eigenvalue weighted by Crippen LogP contribution is -2.24. The van der Waals surface area contributed by atoms with Gasteiger partial charge < -0.3 is 9.88 Å². The third-order valence-corrected chi connectivity index (χ3v) is 4.71. The lowest BCUT2D eigenvalue weighted by atomic mass is 10.1. The number of rotatable bonds is 5. The van der Waals surface area contributed by atoms with Gasteiger partial charge in [-0.25, -0.2) is 0 Å². The molecular weight excluding hydrogens is 260 g/mol. The van der Waals surface area contributed by atoms with Gasteiger partial charge in [-0.05, 0) is 43.7 Å². The molecule has 0 spiro atoms. The Hall–Kier alpha value is -1.68. The lowest BCUT2D eigenvalue weighted by Gasteiger charge is -2.15. The minimum Gasteiger partial charge on any atom is -0.316 e. The van der Waals surface area contributed by atoms with Gasteiger partial charge in [-0.15, -0.1) is 10.2 Å². The van der Waals surface area contributed by atoms with Gasteiger partial charge in [0.2, 0.25) is 0 Å². The average Bonchev–Trinajstić information content (AvgIpc) is 3.10. The van der Waals surface area contributed by atoms with Crippen molar-refractivity contribution in [3.8, 4) is 0 Å². The topological polar surface area (TPSA) is 42.7 Å². The predicted octanol–water partition coefficient (Wildman–Crippen LogP) is 2.74. The normalized spacial score (nSPS) is 20.7. The van der Waals surface area contributed by atoms with Crippen LogP contribution in [0.15, 0.2) is 24.5 Å². The molecule has 1 aromatic carbocycles. The van der Waals surface area contributed by atoms with E-state index in [1.54, 1.807) is 0 Å². The Morgan fingerprint density at radius 1 is 1.29 bits per heavy atom. The number of nitrogens with one attached hydrogen (secondary N) is 1. The molecule has 0 unspecified atom stereocenters. The van der Waals surface area contributed by atoms with Gasteiger partial charge in [0.05, 0.1) is 0 Å². The van der Waals surface area contributed by atoms with Crippen molar-refractivity contribution in [1.82, 2.24) is 20.1 Å². The summed E-state index contributed by atoms with van der Waals surface area (Å²) < 4.78 is 2.22. The molecule has 1 N–H and O–H groups in total. The summed E-state index contributed by atoms with van der Waals surface area (Å²) in [6.45, 7) is 4.13. The SMILES string of the molecule is Cc1ccc2c(c1)[C@H](NCCn1cnnc1C1CC1)CC2. The van der Waals surface area contributed by atoms with Crippen LogP contribution in [0.25, 0.3) is 0 Å². The smallest absolute Gasteiger partial charge is 0.135 e. The van der Waals surface area contributed by atoms with E-state index in [2.05, 4.69) is 45.2 Å². The van der Waals surface area contributed by atoms with E-state index in [1.807, 2.05) is 6.33 Å². The second-order valence-corrected chi connectivity index (χ2v) is 6.40. The molecule has 4 nitrogen and oxygen atoms in total. The molecule has 4 rings (SSSR count). The maximum Gasteiger partial charge on any atom is 0.135 e. The number of aromatic nitrogens is 3. The number of hydrogen-bond acceptors (Lipinski definition) is 3. The Morgan fingerprint density at radius 2 is 2.19 bits per heavy atom. The van der Waals surface area contributed by atoms with E-state index in [1.165, 1.54) is 48.2 Å². The number of nitrogens with zero attached hydrogens (tertiary/aromatic N) is 3. The van der Waals surface area contributed by atoms with E-state index in [4.69, 9.17) is 0 Å². The predicted molar refractivity (Wildman–Crippen MR) is 82.2 cm³/mol. The monoisotopic (exact) mass is 282 g/mol. The van der Waals surface area contributed by atoms with Crippen LogP contribution < -0.4 is 5.32 Å². The number of fused-ring (bicyclic) bond motifs is 1. The fourth-order valence-electron chi connectivity index (χ4n) is 3.39. The van der Waals surface area contributed by atoms with Gasteiger partial charge in [0.15, 0.2) is 0 Å². The fourth-order valence-corrected chi connectivity index (χ4v) is 3.39. The second kappa shape index (κ2) is 5.26. The Morgan fingerprint density at radius 3 is 3.05 bits per heavy atom. The molecular formula is C17H22N4. The van der Waals surface area contributed by atoms with Gasteiger partial charge in [0.25, 0.3) is 0 Å². The van der Waals surface area contributed by atoms with Gasteiger partial charge in [-0.3, -0.25) is 0 Å². The highest BCUT2D eigenvalue weighted by Crippen LogP contribution is 2.38. The molecule has 110 valence electrons. The number of benzene rings is 1. The molecule has 1 heterocycles. The molecule has 21 heavy (non-hydrogen) atoms. The van der Waals surface area contributed by atoms with Crippen molar-refractivity contribution in [3.63, 3.8) is 0 Å². The molecule has 2 aromatic rings. The van der Waals surface area contributed by atoms with Crippen molar-refractivity contribution >= 4 is 0 Å². The molecule has 1 aromatic heterocycles. The third kappa shape index (κ3) is 2.60. The summed E-state index contributed by atoms with van der Waals surface area (Å²) >= 11 is 0. The van der Waals surface area contributed by atoms with E-state index >= 15 is 0 Å². The van der Waals surface area contributed by atoms with Crippen LogP contribution in [-0.2, 0) is 13.0 Å². The highest BCUT2D eigenvalue weighted by Gasteiger charge is 2.28. The van der Waals surface area contributed by atoms with Gasteiger partial charge in [-0.2, -0.15) is 0 Å². The first kappa shape index (κ1) is 13.0. The first-order valence-corrected chi connectivity index (χ1v) is 8.02. The number of aryl methyl sites for hydroxylation is 2. The van der Waals surface area contributed by atoms with Gasteiger partial charge >= 0.3 is 0 Å². The number of hydrogen-bond donors (Lipinski definition) is 1.